The number of aldehydes is 1. The van der Waals surface area contributed by atoms with Crippen molar-refractivity contribution in [2.45, 2.75) is 111 Å². The van der Waals surface area contributed by atoms with Crippen molar-refractivity contribution in [3.63, 3.8) is 0 Å². The second-order valence-electron chi connectivity index (χ2n) is 16.6. The van der Waals surface area contributed by atoms with Gasteiger partial charge in [0.15, 0.2) is 0 Å². The Morgan fingerprint density at radius 3 is 2.42 bits per heavy atom. The van der Waals surface area contributed by atoms with E-state index < -0.39 is 0 Å². The minimum absolute atomic E-state index is 0.142. The first-order valence-corrected chi connectivity index (χ1v) is 18.6. The van der Waals surface area contributed by atoms with Crippen LogP contribution in [0.2, 0.25) is 0 Å². The molecule has 6 rings (SSSR count). The highest BCUT2D eigenvalue weighted by molar-refractivity contribution is 7.80. The molecular formula is C39H60N2OS. The lowest BCUT2D eigenvalue weighted by Gasteiger charge is -2.68. The predicted octanol–water partition coefficient (Wildman–Crippen LogP) is 8.85. The van der Waals surface area contributed by atoms with Crippen LogP contribution in [-0.4, -0.2) is 37.2 Å². The quantitative estimate of drug-likeness (QED) is 0.142. The molecule has 5 aliphatic rings. The highest BCUT2D eigenvalue weighted by atomic mass is 32.1. The zero-order valence-corrected chi connectivity index (χ0v) is 28.8. The molecule has 0 aromatic heterocycles. The summed E-state index contributed by atoms with van der Waals surface area (Å²) >= 11 is 4.53. The zero-order chi connectivity index (χ0) is 30.5. The van der Waals surface area contributed by atoms with E-state index in [-0.39, 0.29) is 5.41 Å². The summed E-state index contributed by atoms with van der Waals surface area (Å²) in [5.74, 6) is 5.87. The van der Waals surface area contributed by atoms with Gasteiger partial charge in [0, 0.05) is 24.2 Å². The van der Waals surface area contributed by atoms with Crippen LogP contribution in [0.15, 0.2) is 30.3 Å². The molecule has 0 radical (unpaired) electrons. The minimum Gasteiger partial charge on any atom is -0.315 e. The second kappa shape index (κ2) is 12.3. The molecule has 4 unspecified atom stereocenters. The Bertz CT molecular complexity index is 1170. The van der Waals surface area contributed by atoms with Gasteiger partial charge in [-0.2, -0.15) is 12.6 Å². The number of hydrogen-bond donors (Lipinski definition) is 3. The van der Waals surface area contributed by atoms with Crippen molar-refractivity contribution in [3.8, 4) is 0 Å². The van der Waals surface area contributed by atoms with E-state index >= 15 is 0 Å². The number of carbonyl (C=O) groups excluding carboxylic acids is 1. The summed E-state index contributed by atoms with van der Waals surface area (Å²) in [6.07, 6.45) is 18.7. The van der Waals surface area contributed by atoms with Crippen molar-refractivity contribution in [2.24, 2.45) is 51.8 Å². The monoisotopic (exact) mass is 604 g/mol. The van der Waals surface area contributed by atoms with Crippen LogP contribution >= 0.6 is 12.6 Å². The molecule has 0 bridgehead atoms. The van der Waals surface area contributed by atoms with Crippen molar-refractivity contribution in [1.29, 1.82) is 0 Å². The predicted molar refractivity (Wildman–Crippen MR) is 185 cm³/mol. The Kier molecular flexibility index (Phi) is 9.08. The lowest BCUT2D eigenvalue weighted by atomic mass is 9.37. The van der Waals surface area contributed by atoms with Gasteiger partial charge < -0.3 is 10.6 Å². The highest BCUT2D eigenvalue weighted by Gasteiger charge is 2.65. The Labute approximate surface area is 268 Å². The van der Waals surface area contributed by atoms with E-state index in [0.29, 0.717) is 28.2 Å². The van der Waals surface area contributed by atoms with E-state index in [1.807, 2.05) is 12.1 Å². The van der Waals surface area contributed by atoms with Gasteiger partial charge in [-0.25, -0.2) is 0 Å². The van der Waals surface area contributed by atoms with Crippen molar-refractivity contribution >= 4 is 24.5 Å². The minimum atomic E-state index is 0.142. The zero-order valence-electron chi connectivity index (χ0n) is 27.9. The molecule has 1 aromatic carbocycles. The summed E-state index contributed by atoms with van der Waals surface area (Å²) in [6.45, 7) is 16.1. The molecule has 4 heteroatoms. The Hall–Kier alpha value is -1.10. The summed E-state index contributed by atoms with van der Waals surface area (Å²) in [6, 6.07) is 8.36. The number of rotatable bonds is 10. The Morgan fingerprint density at radius 1 is 0.907 bits per heavy atom. The molecular weight excluding hydrogens is 545 g/mol. The van der Waals surface area contributed by atoms with Crippen LogP contribution in [0.4, 0.5) is 0 Å². The van der Waals surface area contributed by atoms with Gasteiger partial charge in [-0.1, -0.05) is 77.8 Å². The molecule has 238 valence electrons. The molecule has 5 aliphatic carbocycles. The third-order valence-electron chi connectivity index (χ3n) is 14.5. The molecule has 0 heterocycles. The Morgan fingerprint density at radius 2 is 1.70 bits per heavy atom. The van der Waals surface area contributed by atoms with E-state index in [4.69, 9.17) is 0 Å². The van der Waals surface area contributed by atoms with E-state index in [0.717, 1.165) is 60.9 Å². The van der Waals surface area contributed by atoms with E-state index in [1.54, 1.807) is 0 Å². The lowest BCUT2D eigenvalue weighted by molar-refractivity contribution is -0.172. The number of thiol groups is 1. The molecule has 3 nitrogen and oxygen atoms in total. The molecule has 0 spiro atoms. The van der Waals surface area contributed by atoms with Crippen molar-refractivity contribution < 1.29 is 4.79 Å². The molecule has 0 aliphatic heterocycles. The molecule has 0 amide bonds. The molecule has 4 fully saturated rings. The van der Waals surface area contributed by atoms with Gasteiger partial charge in [-0.05, 0) is 133 Å². The maximum Gasteiger partial charge on any atom is 0.150 e. The van der Waals surface area contributed by atoms with E-state index in [2.05, 4.69) is 76.1 Å². The van der Waals surface area contributed by atoms with Gasteiger partial charge >= 0.3 is 0 Å². The molecule has 2 N–H and O–H groups in total. The SMILES string of the molecule is CCC(CS)CNCCN[C@]12CCC[C@@H]1[C@H]1CCC3[C@@](C)(CCC4C(C)(C)C(c5ccc(C=O)cc5)=CC[C@@]43C)C1CC2. The van der Waals surface area contributed by atoms with Gasteiger partial charge in [-0.15, -0.1) is 0 Å². The number of carbonyl (C=O) groups is 1. The van der Waals surface area contributed by atoms with Crippen LogP contribution < -0.4 is 10.6 Å². The van der Waals surface area contributed by atoms with Crippen LogP contribution in [0.25, 0.3) is 5.57 Å². The average molecular weight is 605 g/mol. The van der Waals surface area contributed by atoms with Crippen molar-refractivity contribution in [1.82, 2.24) is 10.6 Å². The van der Waals surface area contributed by atoms with Gasteiger partial charge in [0.25, 0.3) is 0 Å². The van der Waals surface area contributed by atoms with Gasteiger partial charge in [0.05, 0.1) is 0 Å². The normalized spacial score (nSPS) is 40.4. The number of benzene rings is 1. The smallest absolute Gasteiger partial charge is 0.150 e. The van der Waals surface area contributed by atoms with Crippen LogP contribution in [0.3, 0.4) is 0 Å². The summed E-state index contributed by atoms with van der Waals surface area (Å²) in [5, 5.41) is 7.94. The first-order valence-electron chi connectivity index (χ1n) is 18.0. The maximum atomic E-state index is 11.3. The van der Waals surface area contributed by atoms with Crippen LogP contribution in [0.5, 0.6) is 0 Å². The number of fused-ring (bicyclic) bond motifs is 7. The molecule has 9 atom stereocenters. The topological polar surface area (TPSA) is 41.1 Å². The second-order valence-corrected chi connectivity index (χ2v) is 16.9. The summed E-state index contributed by atoms with van der Waals surface area (Å²) in [5.41, 5.74) is 4.97. The average Bonchev–Trinajstić information content (AvgIpc) is 3.43. The third-order valence-corrected chi connectivity index (χ3v) is 15.0. The summed E-state index contributed by atoms with van der Waals surface area (Å²) < 4.78 is 0. The van der Waals surface area contributed by atoms with Crippen LogP contribution in [-0.2, 0) is 0 Å². The Balaban J connectivity index is 1.17. The molecule has 43 heavy (non-hydrogen) atoms. The van der Waals surface area contributed by atoms with E-state index in [1.165, 1.54) is 81.8 Å². The molecule has 0 saturated heterocycles. The largest absolute Gasteiger partial charge is 0.315 e. The van der Waals surface area contributed by atoms with Gasteiger partial charge in [0.2, 0.25) is 0 Å². The molecule has 4 saturated carbocycles. The summed E-state index contributed by atoms with van der Waals surface area (Å²) in [7, 11) is 0. The van der Waals surface area contributed by atoms with Gasteiger partial charge in [0.1, 0.15) is 6.29 Å². The summed E-state index contributed by atoms with van der Waals surface area (Å²) in [4.78, 5) is 11.3. The number of allylic oxidation sites excluding steroid dienone is 2. The first kappa shape index (κ1) is 31.9. The van der Waals surface area contributed by atoms with Crippen molar-refractivity contribution in [3.05, 3.63) is 41.5 Å². The van der Waals surface area contributed by atoms with Crippen LogP contribution in [0.1, 0.15) is 121 Å². The maximum absolute atomic E-state index is 11.3. The van der Waals surface area contributed by atoms with Gasteiger partial charge in [-0.3, -0.25) is 4.79 Å². The fraction of sp³-hybridized carbons (Fsp3) is 0.769. The number of hydrogen-bond acceptors (Lipinski definition) is 4. The number of nitrogens with one attached hydrogen (secondary N) is 2. The van der Waals surface area contributed by atoms with Crippen LogP contribution in [0, 0.1) is 51.8 Å². The lowest BCUT2D eigenvalue weighted by Crippen LogP contribution is -2.63. The van der Waals surface area contributed by atoms with Crippen molar-refractivity contribution in [2.75, 3.05) is 25.4 Å². The fourth-order valence-electron chi connectivity index (χ4n) is 12.4. The van der Waals surface area contributed by atoms with E-state index in [9.17, 15) is 4.79 Å². The third kappa shape index (κ3) is 5.32. The standard InChI is InChI=1S/C39H60N2OS/c1-6-27(26-43)24-40-22-23-41-39-18-7-8-33(39)30-13-14-35-37(4,32(30)16-21-39)20-17-34-36(2,3)31(15-19-38(34,35)5)29-11-9-28(25-42)10-12-29/h9-12,15,25,27,30,32-35,40-41,43H,6-8,13-14,16-24,26H2,1-5H3/t27?,30-,32?,33+,34?,35?,37-,38-,39-/m0/s1. The highest BCUT2D eigenvalue weighted by Crippen LogP contribution is 2.72. The fourth-order valence-corrected chi connectivity index (χ4v) is 12.8. The molecule has 1 aromatic rings. The first-order chi connectivity index (χ1) is 20.6.